The first-order valence-corrected chi connectivity index (χ1v) is 34.4. The Bertz CT molecular complexity index is 4320. The Morgan fingerprint density at radius 3 is 0.844 bits per heavy atom. The predicted octanol–water partition coefficient (Wildman–Crippen LogP) is 13.8. The van der Waals surface area contributed by atoms with Gasteiger partial charge in [0.15, 0.2) is 0 Å². The van der Waals surface area contributed by atoms with E-state index < -0.39 is 81.1 Å². The molecule has 0 heterocycles. The molecule has 0 saturated carbocycles. The van der Waals surface area contributed by atoms with Gasteiger partial charge in [0.25, 0.3) is 0 Å². The lowest BCUT2D eigenvalue weighted by Crippen LogP contribution is -2.24. The zero-order chi connectivity index (χ0) is 64.7. The molecule has 0 spiro atoms. The van der Waals surface area contributed by atoms with E-state index in [2.05, 4.69) is 0 Å². The first kappa shape index (κ1) is 65.3. The number of aryl methyl sites for hydroxylation is 6. The highest BCUT2D eigenvalue weighted by Crippen LogP contribution is 2.51. The molecule has 9 aromatic rings. The molecule has 0 fully saturated rings. The first-order valence-electron chi connectivity index (χ1n) is 29.3. The Hall–Kier alpha value is -9.17. The highest BCUT2D eigenvalue weighted by Gasteiger charge is 2.42. The van der Waals surface area contributed by atoms with Crippen LogP contribution in [0.3, 0.4) is 0 Å². The van der Waals surface area contributed by atoms with Gasteiger partial charge in [0.1, 0.15) is 19.8 Å². The Kier molecular flexibility index (Phi) is 20.1. The van der Waals surface area contributed by atoms with Crippen LogP contribution in [0.15, 0.2) is 212 Å². The summed E-state index contributed by atoms with van der Waals surface area (Å²) < 4.78 is 63.8. The molecule has 90 heavy (non-hydrogen) atoms. The maximum absolute atomic E-state index is 15.4. The van der Waals surface area contributed by atoms with E-state index in [0.717, 1.165) is 6.08 Å². The molecule has 0 aromatic heterocycles. The van der Waals surface area contributed by atoms with E-state index in [4.69, 9.17) is 14.2 Å². The number of benzene rings is 9. The second kappa shape index (κ2) is 27.7. The van der Waals surface area contributed by atoms with Gasteiger partial charge < -0.3 is 27.9 Å². The van der Waals surface area contributed by atoms with E-state index >= 15 is 13.7 Å². The Morgan fingerprint density at radius 1 is 0.333 bits per heavy atom. The zero-order valence-corrected chi connectivity index (χ0v) is 54.4. The number of hydrogen-bond acceptors (Lipinski definition) is 12. The van der Waals surface area contributed by atoms with Crippen molar-refractivity contribution in [1.82, 2.24) is 0 Å². The van der Waals surface area contributed by atoms with Gasteiger partial charge in [-0.2, -0.15) is 0 Å². The number of hydrogen-bond donors (Lipinski definition) is 0. The van der Waals surface area contributed by atoms with Crippen molar-refractivity contribution in [1.29, 1.82) is 0 Å². The average molecular weight is 1260 g/mol. The minimum absolute atomic E-state index is 0.189. The van der Waals surface area contributed by atoms with Gasteiger partial charge in [0, 0.05) is 54.6 Å². The van der Waals surface area contributed by atoms with Crippen molar-refractivity contribution in [2.24, 2.45) is 0 Å². The van der Waals surface area contributed by atoms with Gasteiger partial charge in [-0.25, -0.2) is 9.59 Å². The maximum Gasteiger partial charge on any atom is 0.335 e. The molecule has 9 rings (SSSR count). The van der Waals surface area contributed by atoms with E-state index in [9.17, 15) is 28.8 Å². The van der Waals surface area contributed by atoms with Crippen molar-refractivity contribution >= 4 is 87.7 Å². The summed E-state index contributed by atoms with van der Waals surface area (Å²) in [7, 11) is -11.9. The van der Waals surface area contributed by atoms with E-state index in [1.807, 2.05) is 0 Å². The summed E-state index contributed by atoms with van der Waals surface area (Å²) in [5.74, 6) is -3.11. The minimum Gasteiger partial charge on any atom is -0.461 e. The smallest absolute Gasteiger partial charge is 0.335 e. The van der Waals surface area contributed by atoms with Crippen LogP contribution in [0.1, 0.15) is 104 Å². The zero-order valence-electron chi connectivity index (χ0n) is 51.7. The molecular formula is C75H69O12P3. The summed E-state index contributed by atoms with van der Waals surface area (Å²) in [6.45, 7) is 14.5. The van der Waals surface area contributed by atoms with Crippen LogP contribution in [0.4, 0.5) is 0 Å². The molecule has 0 unspecified atom stereocenters. The second-order valence-electron chi connectivity index (χ2n) is 22.4. The van der Waals surface area contributed by atoms with Crippen molar-refractivity contribution in [2.75, 3.05) is 0 Å². The fraction of sp³-hybridized carbons (Fsp3) is 0.173. The SMILES string of the molecule is Cc1cc(C)c(C(=O)P(=O)(c2ccccc2)c2ccccc2)c(C)c1COC(=O)/C=C(/CC(=O)OCc1c(C)cc(C)c(C(=O)P(=O)(c2ccccc2)c2ccccc2)c1C)C(=O)OCc1c(C)cc(C)c(C(=O)P(=O)(c2ccccc2)c2ccccc2)c1C. The molecule has 0 aliphatic carbocycles. The van der Waals surface area contributed by atoms with E-state index in [1.54, 1.807) is 263 Å². The number of rotatable bonds is 22. The third kappa shape index (κ3) is 13.0. The van der Waals surface area contributed by atoms with E-state index in [-0.39, 0.29) is 23.3 Å². The lowest BCUT2D eigenvalue weighted by atomic mass is 9.94. The Balaban J connectivity index is 1.03. The Labute approximate surface area is 525 Å². The molecule has 0 bridgehead atoms. The molecule has 456 valence electrons. The highest BCUT2D eigenvalue weighted by atomic mass is 31.2. The van der Waals surface area contributed by atoms with Gasteiger partial charge in [0.05, 0.1) is 12.0 Å². The highest BCUT2D eigenvalue weighted by molar-refractivity contribution is 7.94. The molecule has 0 N–H and O–H groups in total. The van der Waals surface area contributed by atoms with Crippen molar-refractivity contribution < 1.29 is 56.7 Å². The van der Waals surface area contributed by atoms with Gasteiger partial charge in [-0.1, -0.05) is 200 Å². The summed E-state index contributed by atoms with van der Waals surface area (Å²) in [4.78, 5) is 87.9. The molecule has 12 nitrogen and oxygen atoms in total. The predicted molar refractivity (Wildman–Crippen MR) is 356 cm³/mol. The third-order valence-corrected chi connectivity index (χ3v) is 25.1. The maximum atomic E-state index is 15.4. The van der Waals surface area contributed by atoms with E-state index in [0.29, 0.717) is 98.6 Å². The summed E-state index contributed by atoms with van der Waals surface area (Å²) in [5.41, 5.74) is 4.64. The van der Waals surface area contributed by atoms with Crippen LogP contribution in [0.5, 0.6) is 0 Å². The van der Waals surface area contributed by atoms with Crippen LogP contribution in [-0.2, 0) is 62.1 Å². The van der Waals surface area contributed by atoms with Crippen molar-refractivity contribution in [3.63, 3.8) is 0 Å². The van der Waals surface area contributed by atoms with E-state index in [1.165, 1.54) is 0 Å². The molecule has 9 aromatic carbocycles. The minimum atomic E-state index is -3.99. The van der Waals surface area contributed by atoms with Crippen LogP contribution < -0.4 is 31.8 Å². The van der Waals surface area contributed by atoms with Crippen LogP contribution >= 0.6 is 21.4 Å². The summed E-state index contributed by atoms with van der Waals surface area (Å²) >= 11 is 0. The molecule has 0 saturated heterocycles. The molecule has 0 aliphatic rings. The van der Waals surface area contributed by atoms with Crippen molar-refractivity contribution in [3.8, 4) is 0 Å². The summed E-state index contributed by atoms with van der Waals surface area (Å²) in [5, 5.41) is 2.12. The van der Waals surface area contributed by atoms with Gasteiger partial charge in [-0.3, -0.25) is 19.2 Å². The third-order valence-electron chi connectivity index (χ3n) is 16.6. The number of esters is 3. The fourth-order valence-electron chi connectivity index (χ4n) is 11.9. The summed E-state index contributed by atoms with van der Waals surface area (Å²) in [6.07, 6.45) is 0.0421. The molecule has 0 aliphatic heterocycles. The lowest BCUT2D eigenvalue weighted by molar-refractivity contribution is -0.148. The quantitative estimate of drug-likeness (QED) is 0.0271. The first-order chi connectivity index (χ1) is 43.0. The number of ether oxygens (including phenoxy) is 3. The molecule has 15 heteroatoms. The van der Waals surface area contributed by atoms with Gasteiger partial charge in [-0.15, -0.1) is 0 Å². The lowest BCUT2D eigenvalue weighted by Gasteiger charge is -2.23. The number of carbonyl (C=O) groups excluding carboxylic acids is 6. The molecule has 0 atom stereocenters. The fourth-order valence-corrected chi connectivity index (χ4v) is 19.7. The topological polar surface area (TPSA) is 181 Å². The van der Waals surface area contributed by atoms with Crippen LogP contribution in [-0.4, -0.2) is 34.5 Å². The Morgan fingerprint density at radius 2 is 0.578 bits per heavy atom. The molecule has 0 amide bonds. The largest absolute Gasteiger partial charge is 0.461 e. The standard InChI is InChI=1S/C75H69O12P3/c1-48-40-51(4)69(73(79)88(82,58-28-16-10-17-29-58)59-30-18-11-19-31-59)54(7)64(48)45-85-67(76)43-57(72(78)87-47-66-50(3)42-53(6)71(56(66)9)75(81)90(84,62-36-24-14-25-37-62)63-38-26-15-27-39-63)44-68(77)86-46-65-49(2)41-52(5)70(55(65)8)74(80)89(83,60-32-20-12-21-33-60)61-34-22-13-23-35-61/h10-43H,44-47H2,1-9H3/b57-43-. The van der Waals surface area contributed by atoms with Gasteiger partial charge in [-0.05, 0) is 129 Å². The van der Waals surface area contributed by atoms with Gasteiger partial charge >= 0.3 is 17.9 Å². The average Bonchev–Trinajstić information content (AvgIpc) is 0.775. The van der Waals surface area contributed by atoms with Crippen molar-refractivity contribution in [2.45, 2.75) is 88.6 Å². The van der Waals surface area contributed by atoms with Gasteiger partial charge in [0.2, 0.25) is 38.0 Å². The monoisotopic (exact) mass is 1250 g/mol. The molecular weight excluding hydrogens is 1190 g/mol. The summed E-state index contributed by atoms with van der Waals surface area (Å²) in [6, 6.07) is 56.6. The molecule has 0 radical (unpaired) electrons. The normalized spacial score (nSPS) is 11.8. The van der Waals surface area contributed by atoms with Crippen LogP contribution in [0, 0.1) is 62.3 Å². The van der Waals surface area contributed by atoms with Crippen LogP contribution in [0.25, 0.3) is 0 Å². The van der Waals surface area contributed by atoms with Crippen LogP contribution in [0.2, 0.25) is 0 Å². The second-order valence-corrected chi connectivity index (χ2v) is 30.4. The number of carbonyl (C=O) groups is 6. The van der Waals surface area contributed by atoms with Crippen molar-refractivity contribution in [3.05, 3.63) is 295 Å².